The summed E-state index contributed by atoms with van der Waals surface area (Å²) in [6.07, 6.45) is 11.8. The monoisotopic (exact) mass is 458 g/mol. The Morgan fingerprint density at radius 2 is 1.76 bits per heavy atom. The van der Waals surface area contributed by atoms with E-state index in [1.807, 2.05) is 52.8 Å². The van der Waals surface area contributed by atoms with E-state index in [2.05, 4.69) is 44.7 Å². The molecule has 2 unspecified atom stereocenters. The van der Waals surface area contributed by atoms with Crippen LogP contribution in [-0.4, -0.2) is 30.4 Å². The summed E-state index contributed by atoms with van der Waals surface area (Å²) >= 11 is 0. The number of hydrogen-bond donors (Lipinski definition) is 1. The number of hydrogen-bond acceptors (Lipinski definition) is 3. The topological polar surface area (TPSA) is 55.8 Å². The highest BCUT2D eigenvalue weighted by Crippen LogP contribution is 2.45. The number of allylic oxidation sites excluding steroid dienone is 5. The van der Waals surface area contributed by atoms with Gasteiger partial charge < -0.3 is 14.6 Å². The van der Waals surface area contributed by atoms with Crippen molar-refractivity contribution in [2.24, 2.45) is 5.41 Å². The molecule has 1 N–H and O–H groups in total. The van der Waals surface area contributed by atoms with E-state index in [9.17, 15) is 4.79 Å². The lowest BCUT2D eigenvalue weighted by Crippen LogP contribution is -2.37. The van der Waals surface area contributed by atoms with E-state index >= 15 is 0 Å². The van der Waals surface area contributed by atoms with Crippen molar-refractivity contribution in [2.45, 2.75) is 86.2 Å². The molecule has 0 aliphatic heterocycles. The molecule has 4 heteroatoms. The molecule has 2 atom stereocenters. The Morgan fingerprint density at radius 1 is 1.12 bits per heavy atom. The minimum absolute atomic E-state index is 0.101. The summed E-state index contributed by atoms with van der Waals surface area (Å²) in [6.45, 7) is 18.5. The minimum Gasteiger partial charge on any atom is -0.495 e. The molecular formula is C29H46O4. The van der Waals surface area contributed by atoms with E-state index in [4.69, 9.17) is 14.6 Å². The summed E-state index contributed by atoms with van der Waals surface area (Å²) in [5, 5.41) is 8.61. The van der Waals surface area contributed by atoms with Crippen LogP contribution in [0.2, 0.25) is 0 Å². The summed E-state index contributed by atoms with van der Waals surface area (Å²) in [5.41, 5.74) is 2.64. The van der Waals surface area contributed by atoms with Crippen LogP contribution in [0.25, 0.3) is 0 Å². The lowest BCUT2D eigenvalue weighted by atomic mass is 9.68. The fourth-order valence-corrected chi connectivity index (χ4v) is 3.95. The number of benzene rings is 1. The van der Waals surface area contributed by atoms with E-state index in [1.54, 1.807) is 6.08 Å². The van der Waals surface area contributed by atoms with E-state index in [0.29, 0.717) is 12.5 Å². The van der Waals surface area contributed by atoms with Crippen LogP contribution in [0.3, 0.4) is 0 Å². The molecule has 0 radical (unpaired) electrons. The summed E-state index contributed by atoms with van der Waals surface area (Å²) in [6, 6.07) is 8.68. The second-order valence-electron chi connectivity index (χ2n) is 8.41. The zero-order chi connectivity index (χ0) is 25.3. The Kier molecular flexibility index (Phi) is 16.0. The standard InChI is InChI=1S/C25H34O4.2C2H6/c1-5-6-7-8-19(2)29-23-14-13-22(17-25(23,3)4)21-11-9-20(10-12-21)15-16-28-18-24(26)27;2*1-2/h5-12,22-23H,1,13-18H2,2-4H3,(H,26,27);2*1-2H3/b7-6-,19-8+;;. The van der Waals surface area contributed by atoms with Crippen LogP contribution in [0.5, 0.6) is 0 Å². The molecule has 0 amide bonds. The highest BCUT2D eigenvalue weighted by Gasteiger charge is 2.38. The fourth-order valence-electron chi connectivity index (χ4n) is 3.95. The van der Waals surface area contributed by atoms with Crippen LogP contribution in [-0.2, 0) is 20.7 Å². The van der Waals surface area contributed by atoms with E-state index in [1.165, 1.54) is 11.1 Å². The Hall–Kier alpha value is -2.33. The van der Waals surface area contributed by atoms with Gasteiger partial charge in [-0.3, -0.25) is 0 Å². The number of aliphatic carboxylic acids is 1. The average molecular weight is 459 g/mol. The zero-order valence-electron chi connectivity index (χ0n) is 21.9. The molecule has 33 heavy (non-hydrogen) atoms. The van der Waals surface area contributed by atoms with Gasteiger partial charge in [0.25, 0.3) is 0 Å². The van der Waals surface area contributed by atoms with Gasteiger partial charge in [-0.2, -0.15) is 0 Å². The van der Waals surface area contributed by atoms with E-state index in [-0.39, 0.29) is 18.1 Å². The van der Waals surface area contributed by atoms with E-state index < -0.39 is 5.97 Å². The van der Waals surface area contributed by atoms with Crippen LogP contribution >= 0.6 is 0 Å². The summed E-state index contributed by atoms with van der Waals surface area (Å²) in [5.74, 6) is 0.544. The lowest BCUT2D eigenvalue weighted by molar-refractivity contribution is -0.142. The Morgan fingerprint density at radius 3 is 2.30 bits per heavy atom. The normalized spacial score (nSPS) is 19.5. The van der Waals surface area contributed by atoms with Crippen LogP contribution < -0.4 is 0 Å². The molecule has 4 nitrogen and oxygen atoms in total. The van der Waals surface area contributed by atoms with Crippen LogP contribution in [0.15, 0.2) is 60.9 Å². The molecule has 1 aliphatic carbocycles. The number of carbonyl (C=O) groups is 1. The third-order valence-corrected chi connectivity index (χ3v) is 5.54. The molecule has 0 bridgehead atoms. The smallest absolute Gasteiger partial charge is 0.329 e. The first-order valence-electron chi connectivity index (χ1n) is 12.3. The second-order valence-corrected chi connectivity index (χ2v) is 8.41. The highest BCUT2D eigenvalue weighted by atomic mass is 16.5. The quantitative estimate of drug-likeness (QED) is 0.222. The molecule has 0 heterocycles. The predicted molar refractivity (Wildman–Crippen MR) is 140 cm³/mol. The Bertz CT molecular complexity index is 728. The minimum atomic E-state index is -0.929. The third-order valence-electron chi connectivity index (χ3n) is 5.54. The molecule has 1 saturated carbocycles. The first-order valence-corrected chi connectivity index (χ1v) is 12.3. The number of rotatable bonds is 10. The van der Waals surface area contributed by atoms with Crippen molar-refractivity contribution in [2.75, 3.05) is 13.2 Å². The van der Waals surface area contributed by atoms with Crippen molar-refractivity contribution in [3.63, 3.8) is 0 Å². The van der Waals surface area contributed by atoms with Gasteiger partial charge in [-0.25, -0.2) is 4.79 Å². The van der Waals surface area contributed by atoms with E-state index in [0.717, 1.165) is 31.4 Å². The van der Waals surface area contributed by atoms with Crippen molar-refractivity contribution in [1.82, 2.24) is 0 Å². The van der Waals surface area contributed by atoms with Gasteiger partial charge in [-0.05, 0) is 55.7 Å². The number of ether oxygens (including phenoxy) is 2. The van der Waals surface area contributed by atoms with Crippen LogP contribution in [0, 0.1) is 5.41 Å². The molecule has 1 aromatic carbocycles. The second kappa shape index (κ2) is 17.2. The Labute approximate surface area is 202 Å². The SMILES string of the molecule is C=C/C=C\C=C(/C)OC1CCC(c2ccc(CCOCC(=O)O)cc2)CC1(C)C.CC.CC. The van der Waals surface area contributed by atoms with Gasteiger partial charge >= 0.3 is 5.97 Å². The maximum atomic E-state index is 10.5. The van der Waals surface area contributed by atoms with Gasteiger partial charge in [-0.1, -0.05) is 90.6 Å². The molecule has 0 aromatic heterocycles. The Balaban J connectivity index is 0.00000242. The molecule has 0 saturated heterocycles. The fraction of sp³-hybridized carbons (Fsp3) is 0.552. The molecule has 2 rings (SSSR count). The van der Waals surface area contributed by atoms with Crippen molar-refractivity contribution in [3.8, 4) is 0 Å². The molecule has 186 valence electrons. The van der Waals surface area contributed by atoms with Crippen LogP contribution in [0.1, 0.15) is 84.8 Å². The van der Waals surface area contributed by atoms with Crippen LogP contribution in [0.4, 0.5) is 0 Å². The van der Waals surface area contributed by atoms with Crippen molar-refractivity contribution >= 4 is 5.97 Å². The predicted octanol–water partition coefficient (Wildman–Crippen LogP) is 7.71. The maximum Gasteiger partial charge on any atom is 0.329 e. The zero-order valence-corrected chi connectivity index (χ0v) is 21.9. The molecular weight excluding hydrogens is 412 g/mol. The van der Waals surface area contributed by atoms with Gasteiger partial charge in [0, 0.05) is 5.41 Å². The number of carboxylic acid groups (broad SMARTS) is 1. The van der Waals surface area contributed by atoms with Gasteiger partial charge in [0.05, 0.1) is 12.4 Å². The molecule has 1 fully saturated rings. The van der Waals surface area contributed by atoms with Gasteiger partial charge in [0.1, 0.15) is 12.7 Å². The van der Waals surface area contributed by atoms with Gasteiger partial charge in [-0.15, -0.1) is 0 Å². The van der Waals surface area contributed by atoms with Crippen molar-refractivity contribution in [3.05, 3.63) is 72.0 Å². The first kappa shape index (κ1) is 30.7. The highest BCUT2D eigenvalue weighted by molar-refractivity contribution is 5.67. The summed E-state index contributed by atoms with van der Waals surface area (Å²) in [7, 11) is 0. The van der Waals surface area contributed by atoms with Crippen molar-refractivity contribution < 1.29 is 19.4 Å². The molecule has 1 aliphatic rings. The van der Waals surface area contributed by atoms with Gasteiger partial charge in [0.2, 0.25) is 0 Å². The number of carboxylic acids is 1. The van der Waals surface area contributed by atoms with Crippen molar-refractivity contribution in [1.29, 1.82) is 0 Å². The largest absolute Gasteiger partial charge is 0.495 e. The lowest BCUT2D eigenvalue weighted by Gasteiger charge is -2.42. The first-order chi connectivity index (χ1) is 15.8. The maximum absolute atomic E-state index is 10.5. The summed E-state index contributed by atoms with van der Waals surface area (Å²) < 4.78 is 11.4. The average Bonchev–Trinajstić information content (AvgIpc) is 2.81. The third kappa shape index (κ3) is 11.9. The molecule has 0 spiro atoms. The summed E-state index contributed by atoms with van der Waals surface area (Å²) in [4.78, 5) is 10.5. The van der Waals surface area contributed by atoms with Gasteiger partial charge in [0.15, 0.2) is 0 Å². The molecule has 1 aromatic rings.